The molecule has 134 valence electrons. The zero-order chi connectivity index (χ0) is 18.2. The minimum Gasteiger partial charge on any atom is -0.352 e. The number of thiazole rings is 1. The van der Waals surface area contributed by atoms with E-state index >= 15 is 0 Å². The number of carbonyl (C=O) groups is 1. The second-order valence-corrected chi connectivity index (χ2v) is 7.03. The van der Waals surface area contributed by atoms with Crippen LogP contribution in [0.1, 0.15) is 21.1 Å². The van der Waals surface area contributed by atoms with E-state index in [1.807, 2.05) is 6.92 Å². The molecular formula is C15H14ClF3N4OS. The van der Waals surface area contributed by atoms with Crippen molar-refractivity contribution in [2.24, 2.45) is 0 Å². The molecule has 0 N–H and O–H groups in total. The van der Waals surface area contributed by atoms with E-state index in [0.29, 0.717) is 37.7 Å². The smallest absolute Gasteiger partial charge is 0.352 e. The number of halogens is 4. The molecule has 0 aromatic carbocycles. The fraction of sp³-hybridized carbons (Fsp3) is 0.400. The van der Waals surface area contributed by atoms with Gasteiger partial charge in [-0.1, -0.05) is 11.6 Å². The van der Waals surface area contributed by atoms with Crippen LogP contribution in [0, 0.1) is 6.92 Å². The lowest BCUT2D eigenvalue weighted by Gasteiger charge is -2.35. The molecule has 2 aromatic heterocycles. The van der Waals surface area contributed by atoms with E-state index in [-0.39, 0.29) is 10.9 Å². The Bertz CT molecular complexity index is 787. The van der Waals surface area contributed by atoms with Gasteiger partial charge in [0.25, 0.3) is 5.91 Å². The van der Waals surface area contributed by atoms with Gasteiger partial charge in [0.05, 0.1) is 15.6 Å². The van der Waals surface area contributed by atoms with Crippen LogP contribution in [0.15, 0.2) is 17.6 Å². The van der Waals surface area contributed by atoms with Crippen molar-refractivity contribution < 1.29 is 18.0 Å². The van der Waals surface area contributed by atoms with Crippen LogP contribution in [0.3, 0.4) is 0 Å². The van der Waals surface area contributed by atoms with Gasteiger partial charge in [0, 0.05) is 37.8 Å². The van der Waals surface area contributed by atoms with Crippen molar-refractivity contribution in [3.05, 3.63) is 38.9 Å². The first-order chi connectivity index (χ1) is 11.8. The molecule has 0 saturated carbocycles. The number of amides is 1. The second-order valence-electron chi connectivity index (χ2n) is 5.56. The Labute approximate surface area is 151 Å². The SMILES string of the molecule is Cc1nc(C(=O)N2CCN(c3ncc(C(F)(F)F)cc3Cl)CC2)cs1. The third kappa shape index (κ3) is 3.87. The largest absolute Gasteiger partial charge is 0.417 e. The van der Waals surface area contributed by atoms with Crippen LogP contribution in [-0.4, -0.2) is 47.0 Å². The summed E-state index contributed by atoms with van der Waals surface area (Å²) in [5.74, 6) is 0.154. The maximum Gasteiger partial charge on any atom is 0.417 e. The Kier molecular flexibility index (Phi) is 4.88. The number of hydrogen-bond donors (Lipinski definition) is 0. The zero-order valence-electron chi connectivity index (χ0n) is 13.2. The highest BCUT2D eigenvalue weighted by atomic mass is 35.5. The van der Waals surface area contributed by atoms with E-state index in [1.54, 1.807) is 15.2 Å². The quantitative estimate of drug-likeness (QED) is 0.787. The van der Waals surface area contributed by atoms with Gasteiger partial charge in [-0.05, 0) is 13.0 Å². The molecule has 3 rings (SSSR count). The number of aromatic nitrogens is 2. The first-order valence-corrected chi connectivity index (χ1v) is 8.70. The summed E-state index contributed by atoms with van der Waals surface area (Å²) in [5.41, 5.74) is -0.462. The van der Waals surface area contributed by atoms with E-state index < -0.39 is 11.7 Å². The maximum atomic E-state index is 12.7. The van der Waals surface area contributed by atoms with Crippen LogP contribution < -0.4 is 4.90 Å². The highest BCUT2D eigenvalue weighted by Crippen LogP contribution is 2.33. The number of nitrogens with zero attached hydrogens (tertiary/aromatic N) is 4. The molecule has 1 aliphatic heterocycles. The van der Waals surface area contributed by atoms with Crippen LogP contribution in [0.2, 0.25) is 5.02 Å². The van der Waals surface area contributed by atoms with Crippen molar-refractivity contribution in [3.8, 4) is 0 Å². The number of carbonyl (C=O) groups excluding carboxylic acids is 1. The highest BCUT2D eigenvalue weighted by Gasteiger charge is 2.32. The van der Waals surface area contributed by atoms with Crippen molar-refractivity contribution >= 4 is 34.7 Å². The summed E-state index contributed by atoms with van der Waals surface area (Å²) < 4.78 is 38.1. The van der Waals surface area contributed by atoms with Gasteiger partial charge in [-0.2, -0.15) is 13.2 Å². The van der Waals surface area contributed by atoms with E-state index in [1.165, 1.54) is 11.3 Å². The first-order valence-electron chi connectivity index (χ1n) is 7.45. The Balaban J connectivity index is 1.67. The number of rotatable bonds is 2. The van der Waals surface area contributed by atoms with Gasteiger partial charge in [-0.3, -0.25) is 4.79 Å². The standard InChI is InChI=1S/C15H14ClF3N4OS/c1-9-21-12(8-25-9)14(24)23-4-2-22(3-5-23)13-11(16)6-10(7-20-13)15(17,18)19/h6-8H,2-5H2,1H3. The lowest BCUT2D eigenvalue weighted by molar-refractivity contribution is -0.137. The molecule has 0 unspecified atom stereocenters. The normalized spacial score (nSPS) is 15.6. The lowest BCUT2D eigenvalue weighted by Crippen LogP contribution is -2.49. The maximum absolute atomic E-state index is 12.7. The third-order valence-electron chi connectivity index (χ3n) is 3.85. The molecule has 0 spiro atoms. The summed E-state index contributed by atoms with van der Waals surface area (Å²) in [5, 5.41) is 2.49. The van der Waals surface area contributed by atoms with E-state index in [2.05, 4.69) is 9.97 Å². The molecule has 0 aliphatic carbocycles. The molecule has 3 heterocycles. The van der Waals surface area contributed by atoms with E-state index in [9.17, 15) is 18.0 Å². The van der Waals surface area contributed by atoms with Gasteiger partial charge in [-0.25, -0.2) is 9.97 Å². The lowest BCUT2D eigenvalue weighted by atomic mass is 10.2. The third-order valence-corrected chi connectivity index (χ3v) is 4.91. The van der Waals surface area contributed by atoms with Gasteiger partial charge in [0.2, 0.25) is 0 Å². The molecule has 2 aromatic rings. The molecule has 1 aliphatic rings. The van der Waals surface area contributed by atoms with Crippen molar-refractivity contribution in [1.29, 1.82) is 0 Å². The molecule has 1 fully saturated rings. The zero-order valence-corrected chi connectivity index (χ0v) is 14.8. The Morgan fingerprint density at radius 3 is 2.48 bits per heavy atom. The number of piperazine rings is 1. The number of hydrogen-bond acceptors (Lipinski definition) is 5. The summed E-state index contributed by atoms with van der Waals surface area (Å²) in [7, 11) is 0. The van der Waals surface area contributed by atoms with Crippen molar-refractivity contribution in [2.45, 2.75) is 13.1 Å². The summed E-state index contributed by atoms with van der Waals surface area (Å²) in [4.78, 5) is 23.9. The molecule has 0 radical (unpaired) electrons. The van der Waals surface area contributed by atoms with Gasteiger partial charge in [0.15, 0.2) is 0 Å². The minimum absolute atomic E-state index is 0.0512. The number of pyridine rings is 1. The number of aryl methyl sites for hydroxylation is 1. The van der Waals surface area contributed by atoms with Crippen LogP contribution >= 0.6 is 22.9 Å². The minimum atomic E-state index is -4.48. The summed E-state index contributed by atoms with van der Waals surface area (Å²) in [6.45, 7) is 3.56. The first kappa shape index (κ1) is 17.9. The fourth-order valence-corrected chi connectivity index (χ4v) is 3.44. The molecule has 1 amide bonds. The predicted molar refractivity (Wildman–Crippen MR) is 89.2 cm³/mol. The molecular weight excluding hydrogens is 377 g/mol. The van der Waals surface area contributed by atoms with Crippen LogP contribution in [-0.2, 0) is 6.18 Å². The van der Waals surface area contributed by atoms with Crippen molar-refractivity contribution in [2.75, 3.05) is 31.1 Å². The van der Waals surface area contributed by atoms with Gasteiger partial charge in [-0.15, -0.1) is 11.3 Å². The fourth-order valence-electron chi connectivity index (χ4n) is 2.56. The van der Waals surface area contributed by atoms with Gasteiger partial charge < -0.3 is 9.80 Å². The Morgan fingerprint density at radius 1 is 1.28 bits per heavy atom. The van der Waals surface area contributed by atoms with Gasteiger partial charge >= 0.3 is 6.18 Å². The average molecular weight is 391 g/mol. The summed E-state index contributed by atoms with van der Waals surface area (Å²) >= 11 is 7.38. The molecule has 0 bridgehead atoms. The van der Waals surface area contributed by atoms with Crippen molar-refractivity contribution in [1.82, 2.24) is 14.9 Å². The number of anilines is 1. The topological polar surface area (TPSA) is 49.3 Å². The molecule has 10 heteroatoms. The summed E-state index contributed by atoms with van der Waals surface area (Å²) in [6, 6.07) is 0.874. The van der Waals surface area contributed by atoms with Crippen LogP contribution in [0.5, 0.6) is 0 Å². The predicted octanol–water partition coefficient (Wildman–Crippen LogP) is 3.48. The highest BCUT2D eigenvalue weighted by molar-refractivity contribution is 7.09. The van der Waals surface area contributed by atoms with Crippen LogP contribution in [0.25, 0.3) is 0 Å². The van der Waals surface area contributed by atoms with Gasteiger partial charge in [0.1, 0.15) is 11.5 Å². The molecule has 5 nitrogen and oxygen atoms in total. The molecule has 0 atom stereocenters. The summed E-state index contributed by atoms with van der Waals surface area (Å²) in [6.07, 6.45) is -3.71. The molecule has 25 heavy (non-hydrogen) atoms. The van der Waals surface area contributed by atoms with E-state index in [0.717, 1.165) is 17.3 Å². The Morgan fingerprint density at radius 2 is 1.96 bits per heavy atom. The van der Waals surface area contributed by atoms with Crippen LogP contribution in [0.4, 0.5) is 19.0 Å². The number of alkyl halides is 3. The monoisotopic (exact) mass is 390 g/mol. The van der Waals surface area contributed by atoms with E-state index in [4.69, 9.17) is 11.6 Å². The average Bonchev–Trinajstić information content (AvgIpc) is 3.00. The Hall–Kier alpha value is -1.87. The second kappa shape index (κ2) is 6.80. The van der Waals surface area contributed by atoms with Crippen molar-refractivity contribution in [3.63, 3.8) is 0 Å². The molecule has 1 saturated heterocycles.